The molecule has 8 heavy (non-hydrogen) atoms. The summed E-state index contributed by atoms with van der Waals surface area (Å²) >= 11 is 0. The van der Waals surface area contributed by atoms with Crippen molar-refractivity contribution in [2.45, 2.75) is 6.18 Å². The van der Waals surface area contributed by atoms with Gasteiger partial charge in [-0.2, -0.15) is 17.6 Å². The van der Waals surface area contributed by atoms with Gasteiger partial charge in [0.1, 0.15) is 0 Å². The Kier molecular flexibility index (Phi) is 1.88. The smallest absolute Gasteiger partial charge is 0.177 e. The molecular weight excluding hydrogens is 133 g/mol. The third-order valence-corrected chi connectivity index (χ3v) is 0.308. The fraction of sp³-hybridized carbons (Fsp3) is 0.500. The molecule has 1 nitrogen and oxygen atoms in total. The van der Waals surface area contributed by atoms with Crippen molar-refractivity contribution in [3.63, 3.8) is 0 Å². The monoisotopic (exact) mass is 133 g/mol. The van der Waals surface area contributed by atoms with Crippen LogP contribution in [0, 0.1) is 0 Å². The lowest BCUT2D eigenvalue weighted by Crippen LogP contribution is -2.17. The van der Waals surface area contributed by atoms with Crippen molar-refractivity contribution in [3.05, 3.63) is 0 Å². The predicted molar refractivity (Wildman–Crippen MR) is 15.7 cm³/mol. The molecular formula is C2F5N. The van der Waals surface area contributed by atoms with Crippen LogP contribution in [0.2, 0.25) is 0 Å². The normalized spacial score (nSPS) is 14.4. The molecule has 0 saturated heterocycles. The van der Waals surface area contributed by atoms with Gasteiger partial charge in [-0.3, -0.25) is 0 Å². The molecule has 0 unspecified atom stereocenters. The highest BCUT2D eigenvalue weighted by Gasteiger charge is 2.37. The second-order valence-electron chi connectivity index (χ2n) is 0.873. The molecule has 48 valence electrons. The first kappa shape index (κ1) is 7.32. The van der Waals surface area contributed by atoms with Crippen LogP contribution in [0.15, 0.2) is 5.21 Å². The molecule has 0 aromatic heterocycles. The van der Waals surface area contributed by atoms with Gasteiger partial charge in [-0.15, -0.1) is 0 Å². The SMILES string of the molecule is FN=C(F)C(F)(F)F. The molecule has 0 heterocycles. The summed E-state index contributed by atoms with van der Waals surface area (Å²) in [5.41, 5.74) is 0. The number of halogens is 5. The highest BCUT2D eigenvalue weighted by Crippen LogP contribution is 2.17. The Labute approximate surface area is 40.8 Å². The van der Waals surface area contributed by atoms with E-state index in [1.165, 1.54) is 0 Å². The maximum absolute atomic E-state index is 10.9. The van der Waals surface area contributed by atoms with Crippen LogP contribution in [-0.4, -0.2) is 12.1 Å². The Bertz CT molecular complexity index is 101. The molecule has 0 N–H and O–H groups in total. The minimum Gasteiger partial charge on any atom is -0.177 e. The summed E-state index contributed by atoms with van der Waals surface area (Å²) in [7, 11) is 0. The molecule has 0 aromatic rings. The zero-order valence-electron chi connectivity index (χ0n) is 3.34. The lowest BCUT2D eigenvalue weighted by atomic mass is 10.7. The summed E-state index contributed by atoms with van der Waals surface area (Å²) in [5, 5.41) is 0.785. The summed E-state index contributed by atoms with van der Waals surface area (Å²) in [6, 6.07) is 0. The maximum Gasteiger partial charge on any atom is 0.464 e. The summed E-state index contributed by atoms with van der Waals surface area (Å²) in [4.78, 5) is 0. The van der Waals surface area contributed by atoms with E-state index in [1.54, 1.807) is 0 Å². The van der Waals surface area contributed by atoms with Crippen LogP contribution in [0.5, 0.6) is 0 Å². The van der Waals surface area contributed by atoms with Crippen LogP contribution in [0.1, 0.15) is 0 Å². The number of nitrogens with zero attached hydrogens (tertiary/aromatic N) is 1. The van der Waals surface area contributed by atoms with Gasteiger partial charge in [-0.25, -0.2) is 0 Å². The van der Waals surface area contributed by atoms with Crippen LogP contribution in [0.25, 0.3) is 0 Å². The van der Waals surface area contributed by atoms with Crippen molar-refractivity contribution in [1.82, 2.24) is 0 Å². The number of hydrogen-bond acceptors (Lipinski definition) is 1. The van der Waals surface area contributed by atoms with Crippen LogP contribution in [0.4, 0.5) is 22.0 Å². The maximum atomic E-state index is 10.9. The molecule has 0 saturated carbocycles. The van der Waals surface area contributed by atoms with E-state index in [1.807, 2.05) is 0 Å². The van der Waals surface area contributed by atoms with E-state index < -0.39 is 12.1 Å². The van der Waals surface area contributed by atoms with Crippen molar-refractivity contribution in [2.24, 2.45) is 5.21 Å². The topological polar surface area (TPSA) is 12.4 Å². The van der Waals surface area contributed by atoms with E-state index in [0.717, 1.165) is 5.21 Å². The highest BCUT2D eigenvalue weighted by atomic mass is 19.4. The van der Waals surface area contributed by atoms with E-state index in [9.17, 15) is 22.0 Å². The van der Waals surface area contributed by atoms with Gasteiger partial charge in [0.25, 0.3) is 0 Å². The number of rotatable bonds is 0. The van der Waals surface area contributed by atoms with Crippen LogP contribution in [-0.2, 0) is 0 Å². The molecule has 0 spiro atoms. The average molecular weight is 133 g/mol. The average Bonchev–Trinajstić information content (AvgIpc) is 1.62. The Balaban J connectivity index is 4.03. The number of hydrogen-bond donors (Lipinski definition) is 0. The zero-order chi connectivity index (χ0) is 6.78. The van der Waals surface area contributed by atoms with Gasteiger partial charge in [0.05, 0.1) is 0 Å². The molecule has 0 aliphatic carbocycles. The molecule has 0 rings (SSSR count). The first-order valence-corrected chi connectivity index (χ1v) is 1.40. The van der Waals surface area contributed by atoms with Crippen LogP contribution >= 0.6 is 0 Å². The number of alkyl halides is 3. The van der Waals surface area contributed by atoms with Crippen molar-refractivity contribution in [1.29, 1.82) is 0 Å². The fourth-order valence-corrected chi connectivity index (χ4v) is 0.0479. The molecule has 0 aliphatic heterocycles. The van der Waals surface area contributed by atoms with E-state index in [0.29, 0.717) is 0 Å². The molecule has 0 atom stereocenters. The Morgan fingerprint density at radius 2 is 1.62 bits per heavy atom. The molecule has 0 radical (unpaired) electrons. The fourth-order valence-electron chi connectivity index (χ4n) is 0.0479. The van der Waals surface area contributed by atoms with Gasteiger partial charge in [0.15, 0.2) is 0 Å². The standard InChI is InChI=1S/C2F5N/c3-1(8-7)2(4,5)6. The van der Waals surface area contributed by atoms with Crippen molar-refractivity contribution in [3.8, 4) is 0 Å². The first-order chi connectivity index (χ1) is 3.48. The first-order valence-electron chi connectivity index (χ1n) is 1.40. The lowest BCUT2D eigenvalue weighted by molar-refractivity contribution is -0.0686. The lowest BCUT2D eigenvalue weighted by Gasteiger charge is -1.95. The van der Waals surface area contributed by atoms with E-state index in [4.69, 9.17) is 0 Å². The van der Waals surface area contributed by atoms with E-state index in [-0.39, 0.29) is 0 Å². The van der Waals surface area contributed by atoms with Gasteiger partial charge >= 0.3 is 12.1 Å². The third-order valence-electron chi connectivity index (χ3n) is 0.308. The van der Waals surface area contributed by atoms with Crippen LogP contribution in [0.3, 0.4) is 0 Å². The molecule has 0 bridgehead atoms. The predicted octanol–water partition coefficient (Wildman–Crippen LogP) is 1.80. The molecule has 0 aromatic carbocycles. The van der Waals surface area contributed by atoms with Crippen molar-refractivity contribution < 1.29 is 22.0 Å². The second kappa shape index (κ2) is 2.06. The Morgan fingerprint density at radius 3 is 1.62 bits per heavy atom. The minimum absolute atomic E-state index is 0.785. The highest BCUT2D eigenvalue weighted by molar-refractivity contribution is 5.79. The molecule has 0 fully saturated rings. The quantitative estimate of drug-likeness (QED) is 0.353. The third kappa shape index (κ3) is 1.85. The second-order valence-corrected chi connectivity index (χ2v) is 0.873. The van der Waals surface area contributed by atoms with Crippen molar-refractivity contribution in [2.75, 3.05) is 0 Å². The summed E-state index contributed by atoms with van der Waals surface area (Å²) in [5.74, 6) is -2.96. The zero-order valence-corrected chi connectivity index (χ0v) is 3.34. The Morgan fingerprint density at radius 1 is 1.25 bits per heavy atom. The minimum atomic E-state index is -5.28. The van der Waals surface area contributed by atoms with E-state index >= 15 is 0 Å². The molecule has 6 heteroatoms. The Hall–Kier alpha value is -0.680. The van der Waals surface area contributed by atoms with Gasteiger partial charge < -0.3 is 0 Å². The van der Waals surface area contributed by atoms with Gasteiger partial charge in [-0.05, 0) is 0 Å². The van der Waals surface area contributed by atoms with Gasteiger partial charge in [0, 0.05) is 0 Å². The summed E-state index contributed by atoms with van der Waals surface area (Å²) in [6.07, 6.45) is -5.28. The van der Waals surface area contributed by atoms with Crippen LogP contribution < -0.4 is 0 Å². The largest absolute Gasteiger partial charge is 0.464 e. The summed E-state index contributed by atoms with van der Waals surface area (Å²) in [6.45, 7) is 0. The summed E-state index contributed by atoms with van der Waals surface area (Å²) < 4.78 is 53.4. The molecule has 0 aliphatic rings. The van der Waals surface area contributed by atoms with E-state index in [2.05, 4.69) is 0 Å². The molecule has 0 amide bonds. The van der Waals surface area contributed by atoms with Gasteiger partial charge in [0.2, 0.25) is 0 Å². The van der Waals surface area contributed by atoms with Gasteiger partial charge in [-0.1, -0.05) is 9.70 Å². The van der Waals surface area contributed by atoms with Crippen molar-refractivity contribution >= 4 is 5.97 Å².